The Morgan fingerprint density at radius 2 is 1.67 bits per heavy atom. The summed E-state index contributed by atoms with van der Waals surface area (Å²) in [4.78, 5) is 0. The van der Waals surface area contributed by atoms with Crippen molar-refractivity contribution in [2.24, 2.45) is 5.73 Å². The Kier molecular flexibility index (Phi) is 4.72. The maximum absolute atomic E-state index is 12.1. The van der Waals surface area contributed by atoms with E-state index in [9.17, 15) is 8.42 Å². The molecule has 2 N–H and O–H groups in total. The van der Waals surface area contributed by atoms with E-state index >= 15 is 0 Å². The molecule has 0 aromatic heterocycles. The molecule has 0 heterocycles. The van der Waals surface area contributed by atoms with E-state index in [1.165, 1.54) is 8.61 Å². The molecular weight excluding hydrogens is 214 g/mol. The highest BCUT2D eigenvalue weighted by Gasteiger charge is 2.35. The summed E-state index contributed by atoms with van der Waals surface area (Å²) in [5.74, 6) is 0. The maximum Gasteiger partial charge on any atom is 0.282 e. The van der Waals surface area contributed by atoms with Gasteiger partial charge in [0.25, 0.3) is 10.2 Å². The van der Waals surface area contributed by atoms with Crippen LogP contribution < -0.4 is 5.73 Å². The summed E-state index contributed by atoms with van der Waals surface area (Å²) in [5.41, 5.74) is 4.99. The average Bonchev–Trinajstić information content (AvgIpc) is 2.15. The molecule has 0 aromatic rings. The van der Waals surface area contributed by atoms with Crippen LogP contribution in [0, 0.1) is 0 Å². The molecule has 92 valence electrons. The fourth-order valence-corrected chi connectivity index (χ4v) is 2.52. The SMILES string of the molecule is CC(C)N(C)S(=O)(=O)N(C)C(C)(C)CN. The van der Waals surface area contributed by atoms with Gasteiger partial charge in [0.05, 0.1) is 0 Å². The summed E-state index contributed by atoms with van der Waals surface area (Å²) < 4.78 is 26.8. The van der Waals surface area contributed by atoms with Crippen LogP contribution in [0.5, 0.6) is 0 Å². The predicted molar refractivity (Wildman–Crippen MR) is 62.7 cm³/mol. The van der Waals surface area contributed by atoms with Crippen LogP contribution >= 0.6 is 0 Å². The Morgan fingerprint density at radius 3 is 1.93 bits per heavy atom. The Balaban J connectivity index is 5.06. The van der Waals surface area contributed by atoms with E-state index in [1.54, 1.807) is 27.9 Å². The third kappa shape index (κ3) is 3.14. The van der Waals surface area contributed by atoms with Crippen LogP contribution in [0.3, 0.4) is 0 Å². The largest absolute Gasteiger partial charge is 0.329 e. The van der Waals surface area contributed by atoms with Crippen molar-refractivity contribution in [2.45, 2.75) is 39.3 Å². The lowest BCUT2D eigenvalue weighted by molar-refractivity contribution is 0.247. The van der Waals surface area contributed by atoms with Gasteiger partial charge in [-0.15, -0.1) is 0 Å². The van der Waals surface area contributed by atoms with Crippen molar-refractivity contribution in [3.05, 3.63) is 0 Å². The summed E-state index contributed by atoms with van der Waals surface area (Å²) in [7, 11) is -0.292. The van der Waals surface area contributed by atoms with Gasteiger partial charge in [-0.05, 0) is 27.7 Å². The van der Waals surface area contributed by atoms with E-state index in [0.717, 1.165) is 0 Å². The van der Waals surface area contributed by atoms with Crippen molar-refractivity contribution in [1.82, 2.24) is 8.61 Å². The Labute approximate surface area is 93.4 Å². The molecule has 0 bridgehead atoms. The van der Waals surface area contributed by atoms with Gasteiger partial charge in [0, 0.05) is 32.2 Å². The molecule has 0 amide bonds. The van der Waals surface area contributed by atoms with E-state index in [1.807, 2.05) is 13.8 Å². The molecule has 0 aromatic carbocycles. The summed E-state index contributed by atoms with van der Waals surface area (Å²) in [6.45, 7) is 7.56. The second kappa shape index (κ2) is 4.78. The number of nitrogens with two attached hydrogens (primary N) is 1. The molecule has 0 atom stereocenters. The van der Waals surface area contributed by atoms with Crippen LogP contribution in [0.1, 0.15) is 27.7 Å². The highest BCUT2D eigenvalue weighted by atomic mass is 32.2. The van der Waals surface area contributed by atoms with Crippen LogP contribution in [0.4, 0.5) is 0 Å². The molecule has 0 aliphatic rings. The predicted octanol–water partition coefficient (Wildman–Crippen LogP) is 0.241. The maximum atomic E-state index is 12.1. The van der Waals surface area contributed by atoms with E-state index in [2.05, 4.69) is 0 Å². The molecule has 0 rings (SSSR count). The van der Waals surface area contributed by atoms with Gasteiger partial charge in [0.2, 0.25) is 0 Å². The van der Waals surface area contributed by atoms with Gasteiger partial charge in [-0.1, -0.05) is 0 Å². The summed E-state index contributed by atoms with van der Waals surface area (Å²) in [6, 6.07) is -0.0639. The number of rotatable bonds is 5. The van der Waals surface area contributed by atoms with E-state index in [4.69, 9.17) is 5.73 Å². The quantitative estimate of drug-likeness (QED) is 0.745. The third-order valence-corrected chi connectivity index (χ3v) is 5.13. The fourth-order valence-electron chi connectivity index (χ4n) is 0.900. The van der Waals surface area contributed by atoms with Crippen molar-refractivity contribution in [3.63, 3.8) is 0 Å². The zero-order chi connectivity index (χ0) is 12.4. The van der Waals surface area contributed by atoms with Crippen LogP contribution in [0.2, 0.25) is 0 Å². The van der Waals surface area contributed by atoms with E-state index < -0.39 is 15.7 Å². The first kappa shape index (κ1) is 14.8. The summed E-state index contributed by atoms with van der Waals surface area (Å²) in [6.07, 6.45) is 0. The minimum atomic E-state index is -3.42. The number of nitrogens with zero attached hydrogens (tertiary/aromatic N) is 2. The Hall–Kier alpha value is -0.170. The molecule has 0 spiro atoms. The van der Waals surface area contributed by atoms with Crippen molar-refractivity contribution >= 4 is 10.2 Å². The van der Waals surface area contributed by atoms with Crippen LogP contribution in [-0.2, 0) is 10.2 Å². The Bertz CT molecular complexity index is 298. The average molecular weight is 237 g/mol. The van der Waals surface area contributed by atoms with Crippen LogP contribution in [0.15, 0.2) is 0 Å². The minimum Gasteiger partial charge on any atom is -0.329 e. The smallest absolute Gasteiger partial charge is 0.282 e. The van der Waals surface area contributed by atoms with E-state index in [0.29, 0.717) is 0 Å². The second-order valence-electron chi connectivity index (χ2n) is 4.60. The van der Waals surface area contributed by atoms with Gasteiger partial charge in [-0.3, -0.25) is 0 Å². The highest BCUT2D eigenvalue weighted by molar-refractivity contribution is 7.86. The summed E-state index contributed by atoms with van der Waals surface area (Å²) in [5, 5.41) is 0. The molecular formula is C9H23N3O2S. The van der Waals surface area contributed by atoms with E-state index in [-0.39, 0.29) is 12.6 Å². The molecule has 15 heavy (non-hydrogen) atoms. The number of hydrogen-bond donors (Lipinski definition) is 1. The first-order valence-electron chi connectivity index (χ1n) is 4.99. The van der Waals surface area contributed by atoms with Crippen molar-refractivity contribution in [1.29, 1.82) is 0 Å². The van der Waals surface area contributed by atoms with Crippen LogP contribution in [-0.4, -0.2) is 49.2 Å². The first-order chi connectivity index (χ1) is 6.57. The monoisotopic (exact) mass is 237 g/mol. The van der Waals surface area contributed by atoms with Crippen molar-refractivity contribution in [2.75, 3.05) is 20.6 Å². The summed E-state index contributed by atoms with van der Waals surface area (Å²) >= 11 is 0. The zero-order valence-electron chi connectivity index (χ0n) is 10.5. The molecule has 0 radical (unpaired) electrons. The number of likely N-dealkylation sites (N-methyl/N-ethyl adjacent to an activating group) is 1. The lowest BCUT2D eigenvalue weighted by atomic mass is 10.1. The number of hydrogen-bond acceptors (Lipinski definition) is 3. The third-order valence-electron chi connectivity index (χ3n) is 2.79. The molecule has 0 aliphatic heterocycles. The van der Waals surface area contributed by atoms with Gasteiger partial charge >= 0.3 is 0 Å². The van der Waals surface area contributed by atoms with Gasteiger partial charge < -0.3 is 5.73 Å². The first-order valence-corrected chi connectivity index (χ1v) is 6.39. The molecule has 6 heteroatoms. The lowest BCUT2D eigenvalue weighted by Crippen LogP contribution is -2.54. The zero-order valence-corrected chi connectivity index (χ0v) is 11.3. The normalized spacial score (nSPS) is 14.3. The van der Waals surface area contributed by atoms with Gasteiger partial charge in [0.15, 0.2) is 0 Å². The van der Waals surface area contributed by atoms with Crippen molar-refractivity contribution in [3.8, 4) is 0 Å². The van der Waals surface area contributed by atoms with Crippen LogP contribution in [0.25, 0.3) is 0 Å². The standard InChI is InChI=1S/C9H23N3O2S/c1-8(2)11(5)15(13,14)12(6)9(3,4)7-10/h8H,7,10H2,1-6H3. The molecule has 0 aliphatic carbocycles. The highest BCUT2D eigenvalue weighted by Crippen LogP contribution is 2.18. The fraction of sp³-hybridized carbons (Fsp3) is 1.00. The second-order valence-corrected chi connectivity index (χ2v) is 6.62. The lowest BCUT2D eigenvalue weighted by Gasteiger charge is -2.37. The molecule has 0 unspecified atom stereocenters. The Morgan fingerprint density at radius 1 is 1.27 bits per heavy atom. The topological polar surface area (TPSA) is 66.6 Å². The van der Waals surface area contributed by atoms with Gasteiger partial charge in [-0.25, -0.2) is 0 Å². The minimum absolute atomic E-state index is 0.0639. The molecule has 0 saturated carbocycles. The van der Waals surface area contributed by atoms with Crippen molar-refractivity contribution < 1.29 is 8.42 Å². The van der Waals surface area contributed by atoms with Gasteiger partial charge in [0.1, 0.15) is 0 Å². The molecule has 5 nitrogen and oxygen atoms in total. The van der Waals surface area contributed by atoms with Gasteiger partial charge in [-0.2, -0.15) is 17.0 Å². The molecule has 0 saturated heterocycles. The molecule has 0 fully saturated rings.